The van der Waals surface area contributed by atoms with Crippen LogP contribution in [0, 0.1) is 0 Å². The van der Waals surface area contributed by atoms with Crippen LogP contribution in [-0.4, -0.2) is 43.4 Å². The number of esters is 1. The summed E-state index contributed by atoms with van der Waals surface area (Å²) in [5.41, 5.74) is 0.141. The van der Waals surface area contributed by atoms with E-state index in [0.717, 1.165) is 0 Å². The summed E-state index contributed by atoms with van der Waals surface area (Å²) in [6.45, 7) is 6.24. The number of sulfonamides is 1. The van der Waals surface area contributed by atoms with Gasteiger partial charge in [0, 0.05) is 19.3 Å². The Morgan fingerprint density at radius 3 is 2.44 bits per heavy atom. The molecule has 102 valence electrons. The average Bonchev–Trinajstić information content (AvgIpc) is 2.80. The Bertz CT molecular complexity index is 503. The van der Waals surface area contributed by atoms with E-state index in [1.54, 1.807) is 20.8 Å². The predicted molar refractivity (Wildman–Crippen MR) is 66.9 cm³/mol. The lowest BCUT2D eigenvalue weighted by Gasteiger charge is -2.16. The second-order valence-electron chi connectivity index (χ2n) is 3.56. The lowest BCUT2D eigenvalue weighted by molar-refractivity contribution is 0.0520. The molecule has 1 rings (SSSR count). The quantitative estimate of drug-likeness (QED) is 0.791. The molecule has 0 radical (unpaired) electrons. The molecule has 0 amide bonds. The second-order valence-corrected chi connectivity index (χ2v) is 5.50. The maximum Gasteiger partial charge on any atom is 0.354 e. The summed E-state index contributed by atoms with van der Waals surface area (Å²) in [5.74, 6) is -0.557. The highest BCUT2D eigenvalue weighted by atomic mass is 32.2. The van der Waals surface area contributed by atoms with E-state index in [0.29, 0.717) is 13.1 Å². The molecule has 0 spiro atoms. The van der Waals surface area contributed by atoms with Gasteiger partial charge in [-0.3, -0.25) is 0 Å². The number of aromatic amines is 1. The fourth-order valence-corrected chi connectivity index (χ4v) is 3.02. The molecule has 1 aromatic heterocycles. The molecule has 7 heteroatoms. The van der Waals surface area contributed by atoms with Gasteiger partial charge in [0.05, 0.1) is 6.61 Å². The smallest absolute Gasteiger partial charge is 0.354 e. The van der Waals surface area contributed by atoms with Crippen molar-refractivity contribution in [2.75, 3.05) is 19.7 Å². The highest BCUT2D eigenvalue weighted by molar-refractivity contribution is 7.89. The Morgan fingerprint density at radius 2 is 1.94 bits per heavy atom. The fourth-order valence-electron chi connectivity index (χ4n) is 1.56. The molecule has 0 aliphatic rings. The third-order valence-electron chi connectivity index (χ3n) is 2.50. The maximum absolute atomic E-state index is 12.1. The Balaban J connectivity index is 3.02. The molecule has 1 aromatic rings. The molecular formula is C11H18N2O4S. The number of nitrogens with one attached hydrogen (secondary N) is 1. The molecule has 0 aliphatic carbocycles. The van der Waals surface area contributed by atoms with Crippen molar-refractivity contribution in [2.45, 2.75) is 25.7 Å². The molecule has 0 fully saturated rings. The largest absolute Gasteiger partial charge is 0.461 e. The molecule has 1 N–H and O–H groups in total. The molecule has 0 saturated heterocycles. The van der Waals surface area contributed by atoms with Crippen LogP contribution in [0.4, 0.5) is 0 Å². The number of hydrogen-bond donors (Lipinski definition) is 1. The number of nitrogens with zero attached hydrogens (tertiary/aromatic N) is 1. The van der Waals surface area contributed by atoms with E-state index in [1.165, 1.54) is 16.6 Å². The Labute approximate surface area is 107 Å². The molecule has 0 aliphatic heterocycles. The number of hydrogen-bond acceptors (Lipinski definition) is 4. The van der Waals surface area contributed by atoms with Crippen LogP contribution >= 0.6 is 0 Å². The zero-order chi connectivity index (χ0) is 13.8. The number of carbonyl (C=O) groups is 1. The number of H-pyrrole nitrogens is 1. The van der Waals surface area contributed by atoms with Crippen molar-refractivity contribution in [1.29, 1.82) is 0 Å². The van der Waals surface area contributed by atoms with Gasteiger partial charge in [0.1, 0.15) is 10.6 Å². The first-order valence-corrected chi connectivity index (χ1v) is 7.27. The van der Waals surface area contributed by atoms with Gasteiger partial charge in [-0.25, -0.2) is 13.2 Å². The average molecular weight is 274 g/mol. The Kier molecular flexibility index (Phi) is 4.92. The third-order valence-corrected chi connectivity index (χ3v) is 4.52. The van der Waals surface area contributed by atoms with Gasteiger partial charge in [0.15, 0.2) is 0 Å². The van der Waals surface area contributed by atoms with Crippen LogP contribution < -0.4 is 0 Å². The monoisotopic (exact) mass is 274 g/mol. The number of ether oxygens (including phenoxy) is 1. The van der Waals surface area contributed by atoms with Gasteiger partial charge in [-0.05, 0) is 13.0 Å². The normalized spacial score (nSPS) is 11.8. The molecule has 0 aromatic carbocycles. The van der Waals surface area contributed by atoms with Gasteiger partial charge in [-0.1, -0.05) is 13.8 Å². The first-order chi connectivity index (χ1) is 8.47. The number of aromatic nitrogens is 1. The van der Waals surface area contributed by atoms with Gasteiger partial charge in [0.25, 0.3) is 0 Å². The number of carbonyl (C=O) groups excluding carboxylic acids is 1. The first kappa shape index (κ1) is 14.7. The minimum absolute atomic E-state index is 0.0780. The van der Waals surface area contributed by atoms with Crippen molar-refractivity contribution >= 4 is 16.0 Å². The SMILES string of the molecule is CCOC(=O)c1cc(S(=O)(=O)N(CC)CC)c[nH]1. The maximum atomic E-state index is 12.1. The van der Waals surface area contributed by atoms with Crippen molar-refractivity contribution in [2.24, 2.45) is 0 Å². The van der Waals surface area contributed by atoms with Crippen molar-refractivity contribution < 1.29 is 17.9 Å². The van der Waals surface area contributed by atoms with Gasteiger partial charge >= 0.3 is 5.97 Å². The summed E-state index contributed by atoms with van der Waals surface area (Å²) in [4.78, 5) is 14.1. The minimum Gasteiger partial charge on any atom is -0.461 e. The molecule has 0 unspecified atom stereocenters. The highest BCUT2D eigenvalue weighted by Gasteiger charge is 2.24. The summed E-state index contributed by atoms with van der Waals surface area (Å²) in [6, 6.07) is 1.30. The van der Waals surface area contributed by atoms with Gasteiger partial charge < -0.3 is 9.72 Å². The molecule has 0 bridgehead atoms. The zero-order valence-corrected chi connectivity index (χ0v) is 11.6. The standard InChI is InChI=1S/C11H18N2O4S/c1-4-13(5-2)18(15,16)9-7-10(12-8-9)11(14)17-6-3/h7-8,12H,4-6H2,1-3H3. The molecule has 0 saturated carbocycles. The van der Waals surface area contributed by atoms with Crippen LogP contribution in [0.15, 0.2) is 17.2 Å². The Hall–Kier alpha value is -1.34. The van der Waals surface area contributed by atoms with E-state index < -0.39 is 16.0 Å². The van der Waals surface area contributed by atoms with Crippen molar-refractivity contribution in [3.8, 4) is 0 Å². The van der Waals surface area contributed by atoms with E-state index in [1.807, 2.05) is 0 Å². The van der Waals surface area contributed by atoms with E-state index in [-0.39, 0.29) is 17.2 Å². The van der Waals surface area contributed by atoms with E-state index >= 15 is 0 Å². The number of rotatable bonds is 6. The summed E-state index contributed by atoms with van der Waals surface area (Å²) in [5, 5.41) is 0. The molecule has 0 atom stereocenters. The molecular weight excluding hydrogens is 256 g/mol. The summed E-state index contributed by atoms with van der Waals surface area (Å²) in [7, 11) is -3.53. The van der Waals surface area contributed by atoms with Crippen molar-refractivity contribution in [3.63, 3.8) is 0 Å². The lowest BCUT2D eigenvalue weighted by atomic mass is 10.4. The first-order valence-electron chi connectivity index (χ1n) is 5.83. The Morgan fingerprint density at radius 1 is 1.33 bits per heavy atom. The van der Waals surface area contributed by atoms with Crippen molar-refractivity contribution in [1.82, 2.24) is 9.29 Å². The summed E-state index contributed by atoms with van der Waals surface area (Å²) in [6.07, 6.45) is 1.31. The van der Waals surface area contributed by atoms with Crippen LogP contribution in [0.25, 0.3) is 0 Å². The molecule has 1 heterocycles. The van der Waals surface area contributed by atoms with Crippen molar-refractivity contribution in [3.05, 3.63) is 18.0 Å². The van der Waals surface area contributed by atoms with Crippen LogP contribution in [0.2, 0.25) is 0 Å². The molecule has 18 heavy (non-hydrogen) atoms. The van der Waals surface area contributed by atoms with Crippen LogP contribution in [0.1, 0.15) is 31.3 Å². The predicted octanol–water partition coefficient (Wildman–Crippen LogP) is 1.22. The van der Waals surface area contributed by atoms with Crippen LogP contribution in [0.3, 0.4) is 0 Å². The topological polar surface area (TPSA) is 79.5 Å². The minimum atomic E-state index is -3.53. The summed E-state index contributed by atoms with van der Waals surface area (Å²) >= 11 is 0. The summed E-state index contributed by atoms with van der Waals surface area (Å²) < 4.78 is 30.4. The van der Waals surface area contributed by atoms with Crippen LogP contribution in [-0.2, 0) is 14.8 Å². The highest BCUT2D eigenvalue weighted by Crippen LogP contribution is 2.16. The van der Waals surface area contributed by atoms with Gasteiger partial charge in [-0.2, -0.15) is 4.31 Å². The van der Waals surface area contributed by atoms with E-state index in [4.69, 9.17) is 4.74 Å². The zero-order valence-electron chi connectivity index (χ0n) is 10.8. The molecule has 6 nitrogen and oxygen atoms in total. The lowest BCUT2D eigenvalue weighted by Crippen LogP contribution is -2.30. The van der Waals surface area contributed by atoms with E-state index in [2.05, 4.69) is 4.98 Å². The second kappa shape index (κ2) is 6.01. The van der Waals surface area contributed by atoms with Gasteiger partial charge in [-0.15, -0.1) is 0 Å². The van der Waals surface area contributed by atoms with Crippen LogP contribution in [0.5, 0.6) is 0 Å². The van der Waals surface area contributed by atoms with E-state index in [9.17, 15) is 13.2 Å². The fraction of sp³-hybridized carbons (Fsp3) is 0.545. The third kappa shape index (κ3) is 2.91. The van der Waals surface area contributed by atoms with Gasteiger partial charge in [0.2, 0.25) is 10.0 Å².